The number of benzene rings is 2. The highest BCUT2D eigenvalue weighted by atomic mass is 35.5. The number of amides is 1. The molecule has 0 spiro atoms. The molecule has 27 heavy (non-hydrogen) atoms. The summed E-state index contributed by atoms with van der Waals surface area (Å²) in [6, 6.07) is 8.86. The predicted molar refractivity (Wildman–Crippen MR) is 103 cm³/mol. The van der Waals surface area contributed by atoms with E-state index in [1.807, 2.05) is 0 Å². The molecule has 0 aliphatic heterocycles. The van der Waals surface area contributed by atoms with Gasteiger partial charge < -0.3 is 14.8 Å². The number of hydrogen-bond donors (Lipinski definition) is 1. The Morgan fingerprint density at radius 1 is 1.22 bits per heavy atom. The summed E-state index contributed by atoms with van der Waals surface area (Å²) in [5.74, 6) is -1.58. The number of halogens is 3. The van der Waals surface area contributed by atoms with Crippen LogP contribution in [0.15, 0.2) is 42.5 Å². The van der Waals surface area contributed by atoms with Gasteiger partial charge in [-0.25, -0.2) is 9.18 Å². The first-order valence-electron chi connectivity index (χ1n) is 7.79. The van der Waals surface area contributed by atoms with Gasteiger partial charge in [-0.2, -0.15) is 0 Å². The molecule has 1 amide bonds. The number of carbonyl (C=O) groups is 2. The second kappa shape index (κ2) is 9.39. The molecule has 0 bridgehead atoms. The molecule has 2 rings (SSSR count). The van der Waals surface area contributed by atoms with Crippen molar-refractivity contribution in [2.75, 3.05) is 12.4 Å². The Balaban J connectivity index is 2.01. The van der Waals surface area contributed by atoms with Crippen LogP contribution in [0.4, 0.5) is 10.1 Å². The van der Waals surface area contributed by atoms with Crippen LogP contribution in [0.3, 0.4) is 0 Å². The van der Waals surface area contributed by atoms with Crippen molar-refractivity contribution in [3.8, 4) is 5.75 Å². The van der Waals surface area contributed by atoms with Crippen molar-refractivity contribution < 1.29 is 23.5 Å². The smallest absolute Gasteiger partial charge is 0.331 e. The molecule has 1 unspecified atom stereocenters. The van der Waals surface area contributed by atoms with Gasteiger partial charge in [-0.15, -0.1) is 0 Å². The van der Waals surface area contributed by atoms with E-state index >= 15 is 0 Å². The molecule has 0 heterocycles. The standard InChI is InChI=1S/C19H16Cl2FNO4/c1-11(19(25)23-16-10-12(20)6-8-17(16)26-2)27-18(24)9-7-13-14(21)4-3-5-15(13)22/h3-11H,1-2H3,(H,23,25). The second-order valence-corrected chi connectivity index (χ2v) is 6.23. The largest absolute Gasteiger partial charge is 0.495 e. The molecule has 2 aromatic rings. The molecule has 0 saturated carbocycles. The van der Waals surface area contributed by atoms with Crippen molar-refractivity contribution in [3.63, 3.8) is 0 Å². The first-order chi connectivity index (χ1) is 12.8. The number of carbonyl (C=O) groups excluding carboxylic acids is 2. The van der Waals surface area contributed by atoms with Crippen molar-refractivity contribution in [1.29, 1.82) is 0 Å². The van der Waals surface area contributed by atoms with Crippen LogP contribution in [-0.2, 0) is 14.3 Å². The maximum absolute atomic E-state index is 13.7. The van der Waals surface area contributed by atoms with Crippen LogP contribution in [0.25, 0.3) is 6.08 Å². The van der Waals surface area contributed by atoms with E-state index in [0.717, 1.165) is 6.08 Å². The van der Waals surface area contributed by atoms with Crippen molar-refractivity contribution >= 4 is 46.8 Å². The fraction of sp³-hybridized carbons (Fsp3) is 0.158. The van der Waals surface area contributed by atoms with Crippen molar-refractivity contribution in [1.82, 2.24) is 0 Å². The zero-order chi connectivity index (χ0) is 20.0. The van der Waals surface area contributed by atoms with E-state index in [4.69, 9.17) is 32.7 Å². The van der Waals surface area contributed by atoms with Crippen LogP contribution in [0.2, 0.25) is 10.0 Å². The summed E-state index contributed by atoms with van der Waals surface area (Å²) >= 11 is 11.8. The summed E-state index contributed by atoms with van der Waals surface area (Å²) in [7, 11) is 1.45. The molecule has 2 aromatic carbocycles. The summed E-state index contributed by atoms with van der Waals surface area (Å²) in [5, 5.41) is 3.12. The van der Waals surface area contributed by atoms with Crippen LogP contribution >= 0.6 is 23.2 Å². The lowest BCUT2D eigenvalue weighted by Gasteiger charge is -2.14. The third-order valence-electron chi connectivity index (χ3n) is 3.47. The van der Waals surface area contributed by atoms with Crippen molar-refractivity contribution in [2.24, 2.45) is 0 Å². The molecule has 0 saturated heterocycles. The highest BCUT2D eigenvalue weighted by molar-refractivity contribution is 6.32. The topological polar surface area (TPSA) is 64.6 Å². The molecule has 0 fully saturated rings. The van der Waals surface area contributed by atoms with Crippen LogP contribution in [0.1, 0.15) is 12.5 Å². The molecule has 0 radical (unpaired) electrons. The van der Waals surface area contributed by atoms with Crippen LogP contribution in [0.5, 0.6) is 5.75 Å². The SMILES string of the molecule is COc1ccc(Cl)cc1NC(=O)C(C)OC(=O)C=Cc1c(F)cccc1Cl. The number of ether oxygens (including phenoxy) is 2. The van der Waals surface area contributed by atoms with E-state index in [2.05, 4.69) is 5.32 Å². The Labute approximate surface area is 165 Å². The molecule has 0 aromatic heterocycles. The molecular weight excluding hydrogens is 396 g/mol. The first kappa shape index (κ1) is 20.7. The van der Waals surface area contributed by atoms with Gasteiger partial charge in [0, 0.05) is 16.7 Å². The Kier molecular flexibility index (Phi) is 7.21. The van der Waals surface area contributed by atoms with Gasteiger partial charge in [0.05, 0.1) is 17.8 Å². The predicted octanol–water partition coefficient (Wildman–Crippen LogP) is 4.72. The summed E-state index contributed by atoms with van der Waals surface area (Å²) in [4.78, 5) is 24.1. The molecule has 0 aliphatic carbocycles. The lowest BCUT2D eigenvalue weighted by molar-refractivity contribution is -0.148. The number of esters is 1. The average Bonchev–Trinajstić information content (AvgIpc) is 2.61. The number of nitrogens with one attached hydrogen (secondary N) is 1. The summed E-state index contributed by atoms with van der Waals surface area (Å²) < 4.78 is 23.8. The highest BCUT2D eigenvalue weighted by Crippen LogP contribution is 2.28. The van der Waals surface area contributed by atoms with Gasteiger partial charge in [0.1, 0.15) is 11.6 Å². The molecular formula is C19H16Cl2FNO4. The van der Waals surface area contributed by atoms with Crippen LogP contribution < -0.4 is 10.1 Å². The lowest BCUT2D eigenvalue weighted by Crippen LogP contribution is -2.29. The summed E-state index contributed by atoms with van der Waals surface area (Å²) in [6.07, 6.45) is 1.07. The third kappa shape index (κ3) is 5.70. The van der Waals surface area contributed by atoms with Gasteiger partial charge in [-0.1, -0.05) is 29.3 Å². The van der Waals surface area contributed by atoms with E-state index in [1.54, 1.807) is 12.1 Å². The van der Waals surface area contributed by atoms with E-state index in [1.165, 1.54) is 44.4 Å². The average molecular weight is 412 g/mol. The van der Waals surface area contributed by atoms with E-state index in [9.17, 15) is 14.0 Å². The summed E-state index contributed by atoms with van der Waals surface area (Å²) in [5.41, 5.74) is 0.392. The fourth-order valence-corrected chi connectivity index (χ4v) is 2.50. The summed E-state index contributed by atoms with van der Waals surface area (Å²) in [6.45, 7) is 1.40. The Morgan fingerprint density at radius 2 is 1.96 bits per heavy atom. The normalized spacial score (nSPS) is 11.9. The van der Waals surface area contributed by atoms with Crippen LogP contribution in [0, 0.1) is 5.82 Å². The maximum Gasteiger partial charge on any atom is 0.331 e. The molecule has 0 aliphatic rings. The molecule has 1 N–H and O–H groups in total. The molecule has 142 valence electrons. The van der Waals surface area contributed by atoms with Gasteiger partial charge in [0.25, 0.3) is 5.91 Å². The molecule has 5 nitrogen and oxygen atoms in total. The van der Waals surface area contributed by atoms with Gasteiger partial charge >= 0.3 is 5.97 Å². The quantitative estimate of drug-likeness (QED) is 0.551. The minimum Gasteiger partial charge on any atom is -0.495 e. The van der Waals surface area contributed by atoms with Gasteiger partial charge in [-0.3, -0.25) is 4.79 Å². The third-order valence-corrected chi connectivity index (χ3v) is 4.03. The highest BCUT2D eigenvalue weighted by Gasteiger charge is 2.18. The number of rotatable bonds is 6. The minimum atomic E-state index is -1.11. The first-order valence-corrected chi connectivity index (χ1v) is 8.54. The zero-order valence-corrected chi connectivity index (χ0v) is 16.0. The Morgan fingerprint density at radius 3 is 2.63 bits per heavy atom. The zero-order valence-electron chi connectivity index (χ0n) is 14.5. The van der Waals surface area contributed by atoms with Crippen molar-refractivity contribution in [3.05, 3.63) is 63.9 Å². The molecule has 1 atom stereocenters. The maximum atomic E-state index is 13.7. The van der Waals surface area contributed by atoms with Gasteiger partial charge in [-0.05, 0) is 43.3 Å². The number of anilines is 1. The van der Waals surface area contributed by atoms with Gasteiger partial charge in [0.2, 0.25) is 0 Å². The van der Waals surface area contributed by atoms with Crippen molar-refractivity contribution in [2.45, 2.75) is 13.0 Å². The van der Waals surface area contributed by atoms with E-state index in [-0.39, 0.29) is 10.6 Å². The number of methoxy groups -OCH3 is 1. The monoisotopic (exact) mass is 411 g/mol. The van der Waals surface area contributed by atoms with Gasteiger partial charge in [0.15, 0.2) is 6.10 Å². The number of hydrogen-bond acceptors (Lipinski definition) is 4. The molecule has 8 heteroatoms. The van der Waals surface area contributed by atoms with E-state index < -0.39 is 23.8 Å². The Bertz CT molecular complexity index is 866. The second-order valence-electron chi connectivity index (χ2n) is 5.38. The Hall–Kier alpha value is -2.57. The minimum absolute atomic E-state index is 0.0527. The van der Waals surface area contributed by atoms with E-state index in [0.29, 0.717) is 16.5 Å². The lowest BCUT2D eigenvalue weighted by atomic mass is 10.2. The van der Waals surface area contributed by atoms with Crippen LogP contribution in [-0.4, -0.2) is 25.1 Å². The fourth-order valence-electron chi connectivity index (χ4n) is 2.10.